The molecule has 4 rings (SSSR count). The predicted molar refractivity (Wildman–Crippen MR) is 161 cm³/mol. The summed E-state index contributed by atoms with van der Waals surface area (Å²) < 4.78 is 17.2. The SMILES string of the molecule is COc1ccc(Oc2cc(C)ccc2C(C)(C)C)cc1.Cc1ccc(C(C)(C)C)c(Oc2ccc(O)cc2)c1. The Kier molecular flexibility index (Phi) is 9.34. The lowest BCUT2D eigenvalue weighted by Crippen LogP contribution is -2.12. The summed E-state index contributed by atoms with van der Waals surface area (Å²) in [6.45, 7) is 17.2. The van der Waals surface area contributed by atoms with Gasteiger partial charge in [-0.15, -0.1) is 0 Å². The molecule has 4 nitrogen and oxygen atoms in total. The molecule has 0 saturated carbocycles. The highest BCUT2D eigenvalue weighted by Crippen LogP contribution is 2.36. The van der Waals surface area contributed by atoms with Gasteiger partial charge in [-0.2, -0.15) is 0 Å². The summed E-state index contributed by atoms with van der Waals surface area (Å²) in [5, 5.41) is 9.30. The van der Waals surface area contributed by atoms with Gasteiger partial charge in [0.15, 0.2) is 0 Å². The summed E-state index contributed by atoms with van der Waals surface area (Å²) in [6.07, 6.45) is 0. The topological polar surface area (TPSA) is 47.9 Å². The Morgan fingerprint density at radius 3 is 1.23 bits per heavy atom. The van der Waals surface area contributed by atoms with Gasteiger partial charge in [-0.1, -0.05) is 65.8 Å². The van der Waals surface area contributed by atoms with E-state index in [4.69, 9.17) is 14.2 Å². The summed E-state index contributed by atoms with van der Waals surface area (Å²) in [7, 11) is 1.66. The molecule has 0 atom stereocenters. The molecular formula is C35H42O4. The highest BCUT2D eigenvalue weighted by Gasteiger charge is 2.20. The lowest BCUT2D eigenvalue weighted by atomic mass is 9.86. The lowest BCUT2D eigenvalue weighted by Gasteiger charge is -2.23. The van der Waals surface area contributed by atoms with Crippen LogP contribution in [0.15, 0.2) is 84.9 Å². The second-order valence-electron chi connectivity index (χ2n) is 11.9. The number of benzene rings is 4. The minimum Gasteiger partial charge on any atom is -0.508 e. The fraction of sp³-hybridized carbons (Fsp3) is 0.314. The number of ether oxygens (including phenoxy) is 3. The summed E-state index contributed by atoms with van der Waals surface area (Å²) in [5.74, 6) is 4.42. The smallest absolute Gasteiger partial charge is 0.131 e. The predicted octanol–water partition coefficient (Wildman–Crippen LogP) is 9.88. The zero-order chi connectivity index (χ0) is 28.8. The van der Waals surface area contributed by atoms with Crippen molar-refractivity contribution in [2.24, 2.45) is 0 Å². The van der Waals surface area contributed by atoms with E-state index in [1.165, 1.54) is 22.3 Å². The zero-order valence-corrected chi connectivity index (χ0v) is 24.8. The van der Waals surface area contributed by atoms with Gasteiger partial charge in [0.25, 0.3) is 0 Å². The molecule has 0 radical (unpaired) electrons. The number of rotatable bonds is 5. The van der Waals surface area contributed by atoms with Gasteiger partial charge in [0.1, 0.15) is 34.5 Å². The maximum atomic E-state index is 9.30. The monoisotopic (exact) mass is 526 g/mol. The van der Waals surface area contributed by atoms with Crippen LogP contribution >= 0.6 is 0 Å². The minimum absolute atomic E-state index is 0.0277. The van der Waals surface area contributed by atoms with Crippen molar-refractivity contribution in [1.82, 2.24) is 0 Å². The van der Waals surface area contributed by atoms with Crippen molar-refractivity contribution < 1.29 is 19.3 Å². The van der Waals surface area contributed by atoms with Crippen LogP contribution in [0.1, 0.15) is 63.8 Å². The van der Waals surface area contributed by atoms with Crippen molar-refractivity contribution >= 4 is 0 Å². The third-order valence-corrected chi connectivity index (χ3v) is 6.24. The Labute approximate surface area is 234 Å². The Morgan fingerprint density at radius 1 is 0.513 bits per heavy atom. The van der Waals surface area contributed by atoms with Gasteiger partial charge in [-0.25, -0.2) is 0 Å². The van der Waals surface area contributed by atoms with E-state index in [-0.39, 0.29) is 16.6 Å². The van der Waals surface area contributed by atoms with Gasteiger partial charge < -0.3 is 19.3 Å². The van der Waals surface area contributed by atoms with Crippen molar-refractivity contribution in [2.75, 3.05) is 7.11 Å². The van der Waals surface area contributed by atoms with Crippen molar-refractivity contribution in [3.63, 3.8) is 0 Å². The molecule has 1 N–H and O–H groups in total. The second kappa shape index (κ2) is 12.3. The standard InChI is InChI=1S/C18H22O2.C17H20O2/c1-13-6-11-16(18(2,3)4)17(12-13)20-15-9-7-14(19-5)8-10-15;1-12-5-10-15(17(2,3)4)16(11-12)19-14-8-6-13(18)7-9-14/h6-12H,1-5H3;5-11,18H,1-4H3. The molecule has 0 aromatic heterocycles. The highest BCUT2D eigenvalue weighted by molar-refractivity contribution is 5.46. The maximum absolute atomic E-state index is 9.30. The Bertz CT molecular complexity index is 1360. The van der Waals surface area contributed by atoms with E-state index in [0.29, 0.717) is 0 Å². The molecule has 0 aliphatic heterocycles. The molecule has 0 aliphatic carbocycles. The van der Waals surface area contributed by atoms with E-state index in [1.54, 1.807) is 31.4 Å². The van der Waals surface area contributed by atoms with Crippen molar-refractivity contribution in [3.05, 3.63) is 107 Å². The molecule has 4 heteroatoms. The van der Waals surface area contributed by atoms with E-state index < -0.39 is 0 Å². The molecule has 0 bridgehead atoms. The summed E-state index contributed by atoms with van der Waals surface area (Å²) >= 11 is 0. The van der Waals surface area contributed by atoms with Gasteiger partial charge in [0, 0.05) is 11.1 Å². The third kappa shape index (κ3) is 8.54. The van der Waals surface area contributed by atoms with Crippen LogP contribution in [0.2, 0.25) is 0 Å². The van der Waals surface area contributed by atoms with Crippen LogP contribution in [-0.2, 0) is 10.8 Å². The van der Waals surface area contributed by atoms with Crippen LogP contribution in [0, 0.1) is 13.8 Å². The van der Waals surface area contributed by atoms with Crippen LogP contribution in [-0.4, -0.2) is 12.2 Å². The van der Waals surface area contributed by atoms with Gasteiger partial charge >= 0.3 is 0 Å². The van der Waals surface area contributed by atoms with Gasteiger partial charge in [0.2, 0.25) is 0 Å². The number of phenols is 1. The van der Waals surface area contributed by atoms with Crippen molar-refractivity contribution in [3.8, 4) is 34.5 Å². The van der Waals surface area contributed by atoms with Crippen molar-refractivity contribution in [1.29, 1.82) is 0 Å². The first-order valence-electron chi connectivity index (χ1n) is 13.3. The van der Waals surface area contributed by atoms with Gasteiger partial charge in [-0.3, -0.25) is 0 Å². The quantitative estimate of drug-likeness (QED) is 0.281. The number of aryl methyl sites for hydroxylation is 2. The molecule has 0 saturated heterocycles. The Hall–Kier alpha value is -3.92. The van der Waals surface area contributed by atoms with Gasteiger partial charge in [0.05, 0.1) is 7.11 Å². The van der Waals surface area contributed by atoms with E-state index in [0.717, 1.165) is 28.7 Å². The third-order valence-electron chi connectivity index (χ3n) is 6.24. The molecule has 39 heavy (non-hydrogen) atoms. The van der Waals surface area contributed by atoms with E-state index >= 15 is 0 Å². The number of methoxy groups -OCH3 is 1. The molecule has 206 valence electrons. The Balaban J connectivity index is 0.000000216. The zero-order valence-electron chi connectivity index (χ0n) is 24.8. The second-order valence-corrected chi connectivity index (χ2v) is 11.9. The number of phenolic OH excluding ortho intramolecular Hbond substituents is 1. The largest absolute Gasteiger partial charge is 0.508 e. The molecular weight excluding hydrogens is 484 g/mol. The average Bonchev–Trinajstić information content (AvgIpc) is 2.85. The summed E-state index contributed by atoms with van der Waals surface area (Å²) in [4.78, 5) is 0. The molecule has 0 amide bonds. The number of hydrogen-bond acceptors (Lipinski definition) is 4. The van der Waals surface area contributed by atoms with Crippen molar-refractivity contribution in [2.45, 2.75) is 66.2 Å². The average molecular weight is 527 g/mol. The van der Waals surface area contributed by atoms with E-state index in [2.05, 4.69) is 85.7 Å². The Morgan fingerprint density at radius 2 is 0.872 bits per heavy atom. The highest BCUT2D eigenvalue weighted by atomic mass is 16.5. The fourth-order valence-electron chi connectivity index (χ4n) is 4.08. The van der Waals surface area contributed by atoms with Crippen LogP contribution in [0.4, 0.5) is 0 Å². The lowest BCUT2D eigenvalue weighted by molar-refractivity contribution is 0.412. The molecule has 0 unspecified atom stereocenters. The molecule has 0 fully saturated rings. The first kappa shape index (κ1) is 29.6. The molecule has 4 aromatic carbocycles. The number of hydrogen-bond donors (Lipinski definition) is 1. The minimum atomic E-state index is 0.0277. The first-order chi connectivity index (χ1) is 18.3. The fourth-order valence-corrected chi connectivity index (χ4v) is 4.08. The maximum Gasteiger partial charge on any atom is 0.131 e. The molecule has 0 heterocycles. The molecule has 0 aliphatic rings. The van der Waals surface area contributed by atoms with Crippen LogP contribution in [0.3, 0.4) is 0 Å². The normalized spacial score (nSPS) is 11.3. The van der Waals surface area contributed by atoms with E-state index in [1.807, 2.05) is 30.3 Å². The number of aromatic hydroxyl groups is 1. The van der Waals surface area contributed by atoms with Crippen LogP contribution < -0.4 is 14.2 Å². The van der Waals surface area contributed by atoms with Crippen LogP contribution in [0.5, 0.6) is 34.5 Å². The summed E-state index contributed by atoms with van der Waals surface area (Å²) in [6, 6.07) is 27.1. The van der Waals surface area contributed by atoms with E-state index in [9.17, 15) is 5.11 Å². The molecule has 4 aromatic rings. The molecule has 0 spiro atoms. The summed E-state index contributed by atoms with van der Waals surface area (Å²) in [5.41, 5.74) is 4.82. The first-order valence-corrected chi connectivity index (χ1v) is 13.3. The van der Waals surface area contributed by atoms with Crippen LogP contribution in [0.25, 0.3) is 0 Å². The van der Waals surface area contributed by atoms with Gasteiger partial charge in [-0.05, 0) is 96.5 Å².